The summed E-state index contributed by atoms with van der Waals surface area (Å²) < 4.78 is 15.8. The molecular weight excluding hydrogens is 432 g/mol. The molecule has 2 aromatic carbocycles. The van der Waals surface area contributed by atoms with Gasteiger partial charge < -0.3 is 14.2 Å². The number of ether oxygens (including phenoxy) is 3. The van der Waals surface area contributed by atoms with Gasteiger partial charge in [0.1, 0.15) is 6.61 Å². The van der Waals surface area contributed by atoms with Crippen LogP contribution in [0.1, 0.15) is 30.9 Å². The summed E-state index contributed by atoms with van der Waals surface area (Å²) in [6.07, 6.45) is 3.73. The SMILES string of the molecule is COCCCCC#C/C(=C/C#CCSc1ccccc1)C(OC(=O)COC)c1ccccc1. The molecule has 0 aliphatic heterocycles. The van der Waals surface area contributed by atoms with Gasteiger partial charge in [0.25, 0.3) is 0 Å². The van der Waals surface area contributed by atoms with Gasteiger partial charge in [-0.15, -0.1) is 11.8 Å². The summed E-state index contributed by atoms with van der Waals surface area (Å²) in [6.45, 7) is 0.594. The van der Waals surface area contributed by atoms with Gasteiger partial charge in [0.2, 0.25) is 0 Å². The number of carbonyl (C=O) groups is 1. The maximum Gasteiger partial charge on any atom is 0.333 e. The Morgan fingerprint density at radius 3 is 2.39 bits per heavy atom. The first-order valence-corrected chi connectivity index (χ1v) is 11.8. The van der Waals surface area contributed by atoms with Crippen LogP contribution in [0, 0.1) is 23.7 Å². The van der Waals surface area contributed by atoms with Crippen LogP contribution in [-0.2, 0) is 19.0 Å². The molecule has 5 heteroatoms. The van der Waals surface area contributed by atoms with E-state index in [4.69, 9.17) is 14.2 Å². The summed E-state index contributed by atoms with van der Waals surface area (Å²) in [5, 5.41) is 0. The summed E-state index contributed by atoms with van der Waals surface area (Å²) in [7, 11) is 3.16. The smallest absolute Gasteiger partial charge is 0.333 e. The van der Waals surface area contributed by atoms with Crippen LogP contribution in [0.2, 0.25) is 0 Å². The second kappa shape index (κ2) is 16.6. The van der Waals surface area contributed by atoms with E-state index in [1.165, 1.54) is 12.0 Å². The number of thioether (sulfide) groups is 1. The van der Waals surface area contributed by atoms with Gasteiger partial charge in [-0.05, 0) is 30.5 Å². The van der Waals surface area contributed by atoms with Crippen LogP contribution in [0.4, 0.5) is 0 Å². The van der Waals surface area contributed by atoms with E-state index in [0.29, 0.717) is 11.3 Å². The van der Waals surface area contributed by atoms with Crippen molar-refractivity contribution in [3.05, 3.63) is 77.9 Å². The van der Waals surface area contributed by atoms with Gasteiger partial charge in [-0.3, -0.25) is 0 Å². The molecule has 0 N–H and O–H groups in total. The zero-order valence-corrected chi connectivity index (χ0v) is 20.0. The third-order valence-corrected chi connectivity index (χ3v) is 5.31. The minimum atomic E-state index is -0.642. The molecule has 0 aromatic heterocycles. The number of rotatable bonds is 11. The van der Waals surface area contributed by atoms with Crippen LogP contribution in [0.3, 0.4) is 0 Å². The van der Waals surface area contributed by atoms with Gasteiger partial charge in [0, 0.05) is 38.2 Å². The fraction of sp³-hybridized carbons (Fsp3) is 0.321. The van der Waals surface area contributed by atoms with Gasteiger partial charge in [-0.2, -0.15) is 0 Å². The highest BCUT2D eigenvalue weighted by atomic mass is 32.2. The standard InChI is InChI=1S/C28H30O4S/c1-30-21-13-4-3-7-15-25(18-12-14-22-33-26-19-10-6-11-20-26)28(32-27(29)23-31-2)24-16-8-5-9-17-24/h5-6,8-11,16-20,28H,3-4,13,21-23H2,1-2H3/b25-18-. The molecule has 2 rings (SSSR count). The normalized spacial score (nSPS) is 11.5. The third-order valence-electron chi connectivity index (χ3n) is 4.41. The molecule has 1 atom stereocenters. The van der Waals surface area contributed by atoms with E-state index in [1.807, 2.05) is 48.5 Å². The maximum absolute atomic E-state index is 12.2. The average molecular weight is 463 g/mol. The minimum absolute atomic E-state index is 0.125. The number of allylic oxidation sites excluding steroid dienone is 1. The molecule has 0 radical (unpaired) electrons. The van der Waals surface area contributed by atoms with Crippen molar-refractivity contribution in [3.8, 4) is 23.7 Å². The molecule has 2 aromatic rings. The molecule has 0 bridgehead atoms. The number of hydrogen-bond acceptors (Lipinski definition) is 5. The lowest BCUT2D eigenvalue weighted by molar-refractivity contribution is -0.151. The van der Waals surface area contributed by atoms with E-state index in [0.717, 1.165) is 31.4 Å². The molecule has 4 nitrogen and oxygen atoms in total. The number of hydrogen-bond donors (Lipinski definition) is 0. The summed E-state index contributed by atoms with van der Waals surface area (Å²) >= 11 is 1.67. The van der Waals surface area contributed by atoms with Gasteiger partial charge in [0.05, 0.1) is 11.3 Å². The number of methoxy groups -OCH3 is 2. The van der Waals surface area contributed by atoms with Crippen molar-refractivity contribution in [1.82, 2.24) is 0 Å². The van der Waals surface area contributed by atoms with Gasteiger partial charge >= 0.3 is 5.97 Å². The molecule has 0 heterocycles. The third kappa shape index (κ3) is 10.9. The quantitative estimate of drug-likeness (QED) is 0.192. The highest BCUT2D eigenvalue weighted by Gasteiger charge is 2.20. The topological polar surface area (TPSA) is 44.8 Å². The maximum atomic E-state index is 12.2. The van der Waals surface area contributed by atoms with Crippen LogP contribution in [0.15, 0.2) is 77.2 Å². The molecule has 172 valence electrons. The molecule has 0 spiro atoms. The first kappa shape index (κ1) is 26.3. The lowest BCUT2D eigenvalue weighted by Crippen LogP contribution is -2.17. The van der Waals surface area contributed by atoms with E-state index in [2.05, 4.69) is 35.8 Å². The van der Waals surface area contributed by atoms with E-state index in [-0.39, 0.29) is 6.61 Å². The van der Waals surface area contributed by atoms with Gasteiger partial charge in [-0.1, -0.05) is 72.2 Å². The Hall–Kier alpha value is -2.96. The fourth-order valence-corrected chi connectivity index (χ4v) is 3.50. The molecular formula is C28H30O4S. The van der Waals surface area contributed by atoms with Crippen molar-refractivity contribution in [1.29, 1.82) is 0 Å². The fourth-order valence-electron chi connectivity index (χ4n) is 2.83. The summed E-state index contributed by atoms with van der Waals surface area (Å²) in [4.78, 5) is 13.4. The summed E-state index contributed by atoms with van der Waals surface area (Å²) in [5.74, 6) is 12.8. The monoisotopic (exact) mass is 462 g/mol. The van der Waals surface area contributed by atoms with Crippen LogP contribution in [0.5, 0.6) is 0 Å². The van der Waals surface area contributed by atoms with E-state index >= 15 is 0 Å². The molecule has 0 saturated heterocycles. The second-order valence-corrected chi connectivity index (χ2v) is 8.04. The lowest BCUT2D eigenvalue weighted by Gasteiger charge is -2.18. The number of esters is 1. The molecule has 0 fully saturated rings. The molecule has 0 amide bonds. The van der Waals surface area contributed by atoms with Crippen LogP contribution >= 0.6 is 11.8 Å². The molecule has 33 heavy (non-hydrogen) atoms. The lowest BCUT2D eigenvalue weighted by atomic mass is 10.0. The Morgan fingerprint density at radius 2 is 1.70 bits per heavy atom. The van der Waals surface area contributed by atoms with Crippen molar-refractivity contribution in [2.45, 2.75) is 30.3 Å². The largest absolute Gasteiger partial charge is 0.450 e. The predicted molar refractivity (Wildman–Crippen MR) is 134 cm³/mol. The van der Waals surface area contributed by atoms with Crippen LogP contribution < -0.4 is 0 Å². The number of benzene rings is 2. The Morgan fingerprint density at radius 1 is 0.970 bits per heavy atom. The van der Waals surface area contributed by atoms with Crippen LogP contribution in [-0.4, -0.2) is 39.2 Å². The second-order valence-electron chi connectivity index (χ2n) is 6.99. The Balaban J connectivity index is 2.21. The van der Waals surface area contributed by atoms with E-state index < -0.39 is 12.1 Å². The average Bonchev–Trinajstić information content (AvgIpc) is 2.85. The van der Waals surface area contributed by atoms with Crippen LogP contribution in [0.25, 0.3) is 0 Å². The van der Waals surface area contributed by atoms with E-state index in [1.54, 1.807) is 24.9 Å². The Kier molecular flexibility index (Phi) is 13.3. The summed E-state index contributed by atoms with van der Waals surface area (Å²) in [6, 6.07) is 19.7. The highest BCUT2D eigenvalue weighted by Crippen LogP contribution is 2.26. The summed E-state index contributed by atoms with van der Waals surface area (Å²) in [5.41, 5.74) is 1.48. The first-order valence-electron chi connectivity index (χ1n) is 10.8. The van der Waals surface area contributed by atoms with Crippen molar-refractivity contribution in [2.24, 2.45) is 0 Å². The Bertz CT molecular complexity index is 979. The molecule has 0 aliphatic rings. The zero-order chi connectivity index (χ0) is 23.6. The van der Waals surface area contributed by atoms with Crippen molar-refractivity contribution < 1.29 is 19.0 Å². The molecule has 0 saturated carbocycles. The highest BCUT2D eigenvalue weighted by molar-refractivity contribution is 7.99. The molecule has 0 aliphatic carbocycles. The van der Waals surface area contributed by atoms with Crippen molar-refractivity contribution >= 4 is 17.7 Å². The molecule has 1 unspecified atom stereocenters. The predicted octanol–water partition coefficient (Wildman–Crippen LogP) is 5.46. The first-order chi connectivity index (χ1) is 16.2. The minimum Gasteiger partial charge on any atom is -0.450 e. The van der Waals surface area contributed by atoms with Gasteiger partial charge in [0.15, 0.2) is 6.10 Å². The van der Waals surface area contributed by atoms with Gasteiger partial charge in [-0.25, -0.2) is 4.79 Å². The van der Waals surface area contributed by atoms with Crippen molar-refractivity contribution in [2.75, 3.05) is 33.2 Å². The Labute approximate surface area is 201 Å². The van der Waals surface area contributed by atoms with Crippen molar-refractivity contribution in [3.63, 3.8) is 0 Å². The zero-order valence-electron chi connectivity index (χ0n) is 19.2. The number of unbranched alkanes of at least 4 members (excludes halogenated alkanes) is 2. The number of carbonyl (C=O) groups excluding carboxylic acids is 1. The van der Waals surface area contributed by atoms with E-state index in [9.17, 15) is 4.79 Å².